The SMILES string of the molecule is COc1cc(-c2ccc(C3CCc4ccc([C@H](C5CC5)[C@H](C)C(=O)O)cc4O3)cc2CN2C(C)(C)CCCC2(C)C)ccn1. The number of carboxylic acids is 1. The van der Waals surface area contributed by atoms with Gasteiger partial charge in [0.1, 0.15) is 11.9 Å². The molecule has 0 spiro atoms. The number of carboxylic acid groups (broad SMARTS) is 1. The minimum absolute atomic E-state index is 0.0290. The molecule has 1 aliphatic carbocycles. The highest BCUT2D eigenvalue weighted by atomic mass is 16.5. The van der Waals surface area contributed by atoms with Crippen molar-refractivity contribution in [1.82, 2.24) is 9.88 Å². The van der Waals surface area contributed by atoms with E-state index in [1.807, 2.05) is 19.2 Å². The lowest BCUT2D eigenvalue weighted by Gasteiger charge is -2.53. The molecular formula is C38H48N2O4. The topological polar surface area (TPSA) is 71.9 Å². The van der Waals surface area contributed by atoms with Gasteiger partial charge >= 0.3 is 5.97 Å². The highest BCUT2D eigenvalue weighted by molar-refractivity contribution is 5.71. The fourth-order valence-corrected chi connectivity index (χ4v) is 7.96. The molecular weight excluding hydrogens is 548 g/mol. The molecule has 0 amide bonds. The summed E-state index contributed by atoms with van der Waals surface area (Å²) in [5, 5.41) is 9.82. The van der Waals surface area contributed by atoms with Gasteiger partial charge in [0.15, 0.2) is 0 Å². The summed E-state index contributed by atoms with van der Waals surface area (Å²) in [5.74, 6) is 0.860. The molecule has 1 unspecified atom stereocenters. The van der Waals surface area contributed by atoms with Crippen LogP contribution >= 0.6 is 0 Å². The van der Waals surface area contributed by atoms with Gasteiger partial charge in [0.2, 0.25) is 5.88 Å². The van der Waals surface area contributed by atoms with Crippen molar-refractivity contribution in [2.45, 2.75) is 109 Å². The Bertz CT molecular complexity index is 1510. The number of ether oxygens (including phenoxy) is 2. The van der Waals surface area contributed by atoms with E-state index in [1.54, 1.807) is 7.11 Å². The summed E-state index contributed by atoms with van der Waals surface area (Å²) < 4.78 is 12.3. The zero-order chi connectivity index (χ0) is 31.2. The monoisotopic (exact) mass is 596 g/mol. The van der Waals surface area contributed by atoms with Crippen LogP contribution < -0.4 is 9.47 Å². The van der Waals surface area contributed by atoms with Crippen LogP contribution in [-0.4, -0.2) is 39.1 Å². The summed E-state index contributed by atoms with van der Waals surface area (Å²) in [6, 6.07) is 17.4. The number of aliphatic carboxylic acids is 1. The molecule has 234 valence electrons. The molecule has 3 atom stereocenters. The highest BCUT2D eigenvalue weighted by Gasteiger charge is 2.42. The Morgan fingerprint density at radius 2 is 1.80 bits per heavy atom. The molecule has 3 aliphatic rings. The van der Waals surface area contributed by atoms with E-state index < -0.39 is 11.9 Å². The van der Waals surface area contributed by atoms with Crippen molar-refractivity contribution < 1.29 is 19.4 Å². The molecule has 6 nitrogen and oxygen atoms in total. The van der Waals surface area contributed by atoms with Gasteiger partial charge in [-0.1, -0.05) is 37.3 Å². The number of nitrogens with zero attached hydrogens (tertiary/aromatic N) is 2. The average Bonchev–Trinajstić information content (AvgIpc) is 3.83. The summed E-state index contributed by atoms with van der Waals surface area (Å²) >= 11 is 0. The van der Waals surface area contributed by atoms with Crippen molar-refractivity contribution in [1.29, 1.82) is 0 Å². The molecule has 2 fully saturated rings. The fraction of sp³-hybridized carbons (Fsp3) is 0.526. The number of rotatable bonds is 9. The third-order valence-corrected chi connectivity index (χ3v) is 10.6. The second-order valence-corrected chi connectivity index (χ2v) is 14.6. The van der Waals surface area contributed by atoms with Gasteiger partial charge in [-0.25, -0.2) is 4.98 Å². The first-order chi connectivity index (χ1) is 21.0. The Morgan fingerprint density at radius 3 is 2.48 bits per heavy atom. The number of piperidine rings is 1. The molecule has 6 heteroatoms. The van der Waals surface area contributed by atoms with E-state index in [0.717, 1.165) is 49.1 Å². The third-order valence-electron chi connectivity index (χ3n) is 10.6. The Balaban J connectivity index is 1.35. The maximum atomic E-state index is 11.9. The van der Waals surface area contributed by atoms with Crippen LogP contribution in [0.4, 0.5) is 0 Å². The first-order valence-electron chi connectivity index (χ1n) is 16.4. The minimum Gasteiger partial charge on any atom is -0.485 e. The summed E-state index contributed by atoms with van der Waals surface area (Å²) in [7, 11) is 1.66. The molecule has 2 aliphatic heterocycles. The summed E-state index contributed by atoms with van der Waals surface area (Å²) in [5.41, 5.74) is 7.25. The third kappa shape index (κ3) is 6.10. The van der Waals surface area contributed by atoms with Crippen molar-refractivity contribution in [3.8, 4) is 22.8 Å². The van der Waals surface area contributed by atoms with E-state index in [9.17, 15) is 9.90 Å². The number of aryl methyl sites for hydroxylation is 1. The number of likely N-dealkylation sites (tertiary alicyclic amines) is 1. The lowest BCUT2D eigenvalue weighted by Crippen LogP contribution is -2.57. The predicted molar refractivity (Wildman–Crippen MR) is 174 cm³/mol. The maximum Gasteiger partial charge on any atom is 0.306 e. The first kappa shape index (κ1) is 30.6. The van der Waals surface area contributed by atoms with Gasteiger partial charge in [-0.3, -0.25) is 9.69 Å². The van der Waals surface area contributed by atoms with Gasteiger partial charge in [-0.15, -0.1) is 0 Å². The van der Waals surface area contributed by atoms with Gasteiger partial charge in [0.25, 0.3) is 0 Å². The standard InChI is InChI=1S/C38H48N2O4/c1-24(36(41)42)35(26-9-10-26)29-11-8-25-13-15-32(44-33(25)21-29)28-12-14-31(27-16-19-39-34(22-27)43-6)30(20-28)23-40-37(2,3)17-7-18-38(40,4)5/h8,11-12,14,16,19-22,24,26,32,35H,7,9-10,13,15,17-18,23H2,1-6H3,(H,41,42)/t24-,32?,35-/m0/s1. The number of pyridine rings is 1. The number of carbonyl (C=O) groups is 1. The first-order valence-corrected chi connectivity index (χ1v) is 16.4. The lowest BCUT2D eigenvalue weighted by molar-refractivity contribution is -0.142. The number of benzene rings is 2. The van der Waals surface area contributed by atoms with Crippen LogP contribution in [0, 0.1) is 11.8 Å². The van der Waals surface area contributed by atoms with Gasteiger partial charge < -0.3 is 14.6 Å². The second kappa shape index (κ2) is 11.8. The van der Waals surface area contributed by atoms with Gasteiger partial charge in [0, 0.05) is 29.9 Å². The zero-order valence-electron chi connectivity index (χ0n) is 27.2. The van der Waals surface area contributed by atoms with Crippen molar-refractivity contribution in [3.05, 3.63) is 77.0 Å². The zero-order valence-corrected chi connectivity index (χ0v) is 27.2. The molecule has 44 heavy (non-hydrogen) atoms. The Hall–Kier alpha value is -3.38. The molecule has 1 N–H and O–H groups in total. The number of hydrogen-bond donors (Lipinski definition) is 1. The van der Waals surface area contributed by atoms with Gasteiger partial charge in [0.05, 0.1) is 13.0 Å². The Morgan fingerprint density at radius 1 is 1.05 bits per heavy atom. The van der Waals surface area contributed by atoms with Crippen molar-refractivity contribution in [3.63, 3.8) is 0 Å². The molecule has 1 saturated heterocycles. The van der Waals surface area contributed by atoms with E-state index in [4.69, 9.17) is 9.47 Å². The lowest BCUT2D eigenvalue weighted by atomic mass is 9.79. The smallest absolute Gasteiger partial charge is 0.306 e. The van der Waals surface area contributed by atoms with Crippen LogP contribution in [0.3, 0.4) is 0 Å². The maximum absolute atomic E-state index is 11.9. The van der Waals surface area contributed by atoms with Crippen LogP contribution in [0.15, 0.2) is 54.7 Å². The van der Waals surface area contributed by atoms with Crippen molar-refractivity contribution in [2.75, 3.05) is 7.11 Å². The molecule has 1 aromatic heterocycles. The molecule has 2 aromatic carbocycles. The number of aromatic nitrogens is 1. The molecule has 3 heterocycles. The number of hydrogen-bond acceptors (Lipinski definition) is 5. The van der Waals surface area contributed by atoms with Crippen LogP contribution in [0.5, 0.6) is 11.6 Å². The van der Waals surface area contributed by atoms with Crippen LogP contribution in [0.25, 0.3) is 11.1 Å². The van der Waals surface area contributed by atoms with Gasteiger partial charge in [-0.2, -0.15) is 0 Å². The number of methoxy groups -OCH3 is 1. The average molecular weight is 597 g/mol. The summed E-state index contributed by atoms with van der Waals surface area (Å²) in [6.07, 6.45) is 9.42. The van der Waals surface area contributed by atoms with E-state index in [0.29, 0.717) is 11.8 Å². The van der Waals surface area contributed by atoms with E-state index in [2.05, 4.69) is 80.0 Å². The van der Waals surface area contributed by atoms with E-state index >= 15 is 0 Å². The molecule has 0 bridgehead atoms. The molecule has 6 rings (SSSR count). The fourth-order valence-electron chi connectivity index (χ4n) is 7.96. The van der Waals surface area contributed by atoms with E-state index in [-0.39, 0.29) is 23.1 Å². The molecule has 1 saturated carbocycles. The van der Waals surface area contributed by atoms with Crippen molar-refractivity contribution in [2.24, 2.45) is 11.8 Å². The minimum atomic E-state index is -0.724. The number of fused-ring (bicyclic) bond motifs is 1. The van der Waals surface area contributed by atoms with Crippen LogP contribution in [0.1, 0.15) is 107 Å². The normalized spacial score (nSPS) is 22.4. The summed E-state index contributed by atoms with van der Waals surface area (Å²) in [4.78, 5) is 19.0. The molecule has 3 aromatic rings. The van der Waals surface area contributed by atoms with E-state index in [1.165, 1.54) is 41.5 Å². The largest absolute Gasteiger partial charge is 0.485 e. The van der Waals surface area contributed by atoms with Gasteiger partial charge in [-0.05, 0) is 130 Å². The van der Waals surface area contributed by atoms with Crippen molar-refractivity contribution >= 4 is 5.97 Å². The Kier molecular flexibility index (Phi) is 8.25. The summed E-state index contributed by atoms with van der Waals surface area (Å²) in [6.45, 7) is 12.2. The quantitative estimate of drug-likeness (QED) is 0.267. The van der Waals surface area contributed by atoms with Crippen LogP contribution in [-0.2, 0) is 17.8 Å². The highest BCUT2D eigenvalue weighted by Crippen LogP contribution is 2.48. The second-order valence-electron chi connectivity index (χ2n) is 14.6. The predicted octanol–water partition coefficient (Wildman–Crippen LogP) is 8.58. The Labute approximate surface area is 262 Å². The van der Waals surface area contributed by atoms with Crippen LogP contribution in [0.2, 0.25) is 0 Å². The molecule has 0 radical (unpaired) electrons.